The van der Waals surface area contributed by atoms with Gasteiger partial charge in [0.1, 0.15) is 5.69 Å². The van der Waals surface area contributed by atoms with Gasteiger partial charge in [-0.05, 0) is 41.3 Å². The Kier molecular flexibility index (Phi) is 5.67. The lowest BCUT2D eigenvalue weighted by Gasteiger charge is -2.19. The number of fused-ring (bicyclic) bond motifs is 2. The van der Waals surface area contributed by atoms with E-state index in [4.69, 9.17) is 5.73 Å². The number of aromatic nitrogens is 2. The van der Waals surface area contributed by atoms with Crippen LogP contribution in [-0.2, 0) is 23.1 Å². The molecule has 2 aliphatic heterocycles. The lowest BCUT2D eigenvalue weighted by Crippen LogP contribution is -2.30. The molecule has 0 aliphatic carbocycles. The summed E-state index contributed by atoms with van der Waals surface area (Å²) in [5.74, 6) is -0.268. The number of nitrogens with zero attached hydrogens (tertiary/aromatic N) is 4. The van der Waals surface area contributed by atoms with Crippen molar-refractivity contribution in [1.82, 2.24) is 19.2 Å². The summed E-state index contributed by atoms with van der Waals surface area (Å²) in [4.78, 5) is 24.1. The van der Waals surface area contributed by atoms with E-state index < -0.39 is 16.1 Å². The number of rotatable bonds is 4. The van der Waals surface area contributed by atoms with Crippen LogP contribution in [0.1, 0.15) is 28.0 Å². The molecule has 9 nitrogen and oxygen atoms in total. The van der Waals surface area contributed by atoms with Crippen molar-refractivity contribution < 1.29 is 18.3 Å². The molecule has 4 aromatic rings. The third-order valence-electron chi connectivity index (χ3n) is 6.99. The number of benzene rings is 3. The molecular formula is C27H25N5O4S. The summed E-state index contributed by atoms with van der Waals surface area (Å²) in [5.41, 5.74) is 9.93. The van der Waals surface area contributed by atoms with Crippen molar-refractivity contribution in [3.05, 3.63) is 83.6 Å². The van der Waals surface area contributed by atoms with Gasteiger partial charge in [0.05, 0.1) is 16.5 Å². The minimum Gasteiger partial charge on any atom is -0.392 e. The fourth-order valence-corrected chi connectivity index (χ4v) is 6.81. The predicted molar refractivity (Wildman–Crippen MR) is 139 cm³/mol. The second kappa shape index (κ2) is 8.91. The molecule has 1 unspecified atom stereocenters. The van der Waals surface area contributed by atoms with Crippen LogP contribution in [0.25, 0.3) is 22.0 Å². The number of carbonyl (C=O) groups excluding carboxylic acids is 1. The Morgan fingerprint density at radius 1 is 0.973 bits per heavy atom. The number of anilines is 1. The number of β-amino-alcohol motifs (C(OH)–C–C–N with tert-alkyl or cyclic N) is 1. The van der Waals surface area contributed by atoms with Gasteiger partial charge in [0, 0.05) is 37.1 Å². The molecule has 1 aromatic heterocycles. The smallest absolute Gasteiger partial charge is 0.273 e. The molecule has 6 rings (SSSR count). The highest BCUT2D eigenvalue weighted by molar-refractivity contribution is 7.89. The van der Waals surface area contributed by atoms with Gasteiger partial charge in [0.2, 0.25) is 16.0 Å². The van der Waals surface area contributed by atoms with Gasteiger partial charge >= 0.3 is 0 Å². The monoisotopic (exact) mass is 515 g/mol. The van der Waals surface area contributed by atoms with E-state index in [2.05, 4.69) is 9.97 Å². The zero-order valence-electron chi connectivity index (χ0n) is 19.9. The number of nitrogens with two attached hydrogens (primary N) is 1. The van der Waals surface area contributed by atoms with Crippen LogP contribution < -0.4 is 5.73 Å². The number of aliphatic hydroxyl groups excluding tert-OH is 1. The van der Waals surface area contributed by atoms with Gasteiger partial charge in [-0.25, -0.2) is 18.4 Å². The van der Waals surface area contributed by atoms with Crippen molar-refractivity contribution in [2.24, 2.45) is 0 Å². The second-order valence-electron chi connectivity index (χ2n) is 9.39. The summed E-state index contributed by atoms with van der Waals surface area (Å²) in [5, 5.41) is 10.4. The van der Waals surface area contributed by atoms with E-state index in [0.29, 0.717) is 41.5 Å². The molecule has 0 saturated carbocycles. The van der Waals surface area contributed by atoms with Crippen molar-refractivity contribution in [1.29, 1.82) is 0 Å². The van der Waals surface area contributed by atoms with Crippen molar-refractivity contribution >= 4 is 32.8 Å². The zero-order valence-corrected chi connectivity index (χ0v) is 20.7. The maximum Gasteiger partial charge on any atom is 0.273 e. The molecule has 1 saturated heterocycles. The first-order valence-electron chi connectivity index (χ1n) is 12.0. The van der Waals surface area contributed by atoms with Gasteiger partial charge in [-0.2, -0.15) is 4.31 Å². The SMILES string of the molecule is Nc1nc(C(=O)N2Cc3ccccc3C2)c2cc(-c3ccccc3S(=O)(=O)N3CCC(O)C3)ccc2n1. The Bertz CT molecular complexity index is 1630. The van der Waals surface area contributed by atoms with E-state index in [9.17, 15) is 18.3 Å². The maximum absolute atomic E-state index is 13.6. The number of hydrogen-bond donors (Lipinski definition) is 2. The van der Waals surface area contributed by atoms with Crippen molar-refractivity contribution in [2.45, 2.75) is 30.5 Å². The molecular weight excluding hydrogens is 490 g/mol. The normalized spacial score (nSPS) is 17.9. The lowest BCUT2D eigenvalue weighted by molar-refractivity contribution is 0.0747. The molecule has 3 N–H and O–H groups in total. The lowest BCUT2D eigenvalue weighted by atomic mass is 10.0. The first-order valence-corrected chi connectivity index (χ1v) is 13.5. The molecule has 0 spiro atoms. The van der Waals surface area contributed by atoms with Crippen LogP contribution in [-0.4, -0.2) is 57.8 Å². The summed E-state index contributed by atoms with van der Waals surface area (Å²) < 4.78 is 28.2. The van der Waals surface area contributed by atoms with E-state index in [1.807, 2.05) is 24.3 Å². The average molecular weight is 516 g/mol. The van der Waals surface area contributed by atoms with Crippen LogP contribution in [0.5, 0.6) is 0 Å². The van der Waals surface area contributed by atoms with Crippen molar-refractivity contribution in [3.8, 4) is 11.1 Å². The summed E-state index contributed by atoms with van der Waals surface area (Å²) >= 11 is 0. The number of carbonyl (C=O) groups is 1. The Morgan fingerprint density at radius 3 is 2.38 bits per heavy atom. The Balaban J connectivity index is 1.43. The highest BCUT2D eigenvalue weighted by atomic mass is 32.2. The molecule has 3 heterocycles. The number of aliphatic hydroxyl groups is 1. The number of nitrogen functional groups attached to an aromatic ring is 1. The van der Waals surface area contributed by atoms with Gasteiger partial charge in [-0.15, -0.1) is 0 Å². The third-order valence-corrected chi connectivity index (χ3v) is 8.91. The molecule has 1 fully saturated rings. The summed E-state index contributed by atoms with van der Waals surface area (Å²) in [6.45, 7) is 1.28. The number of sulfonamides is 1. The molecule has 0 bridgehead atoms. The van der Waals surface area contributed by atoms with Gasteiger partial charge in [0.25, 0.3) is 5.91 Å². The van der Waals surface area contributed by atoms with Gasteiger partial charge in [-0.1, -0.05) is 48.5 Å². The minimum absolute atomic E-state index is 0.00381. The van der Waals surface area contributed by atoms with Crippen LogP contribution in [0.4, 0.5) is 5.95 Å². The van der Waals surface area contributed by atoms with E-state index >= 15 is 0 Å². The summed E-state index contributed by atoms with van der Waals surface area (Å²) in [6, 6.07) is 19.9. The summed E-state index contributed by atoms with van der Waals surface area (Å²) in [6.07, 6.45) is -0.266. The third kappa shape index (κ3) is 4.12. The molecule has 3 aromatic carbocycles. The molecule has 1 atom stereocenters. The largest absolute Gasteiger partial charge is 0.392 e. The summed E-state index contributed by atoms with van der Waals surface area (Å²) in [7, 11) is -3.83. The minimum atomic E-state index is -3.83. The highest BCUT2D eigenvalue weighted by Gasteiger charge is 2.33. The highest BCUT2D eigenvalue weighted by Crippen LogP contribution is 2.34. The van der Waals surface area contributed by atoms with Crippen LogP contribution in [0.2, 0.25) is 0 Å². The fourth-order valence-electron chi connectivity index (χ4n) is 5.10. The van der Waals surface area contributed by atoms with E-state index in [-0.39, 0.29) is 35.5 Å². The van der Waals surface area contributed by atoms with E-state index in [0.717, 1.165) is 11.1 Å². The fraction of sp³-hybridized carbons (Fsp3) is 0.222. The van der Waals surface area contributed by atoms with Crippen LogP contribution in [0, 0.1) is 0 Å². The Hall–Kier alpha value is -3.86. The van der Waals surface area contributed by atoms with Gasteiger partial charge < -0.3 is 15.7 Å². The maximum atomic E-state index is 13.6. The molecule has 37 heavy (non-hydrogen) atoms. The first-order chi connectivity index (χ1) is 17.8. The number of hydrogen-bond acceptors (Lipinski definition) is 7. The predicted octanol–water partition coefficient (Wildman–Crippen LogP) is 2.79. The molecule has 188 valence electrons. The van der Waals surface area contributed by atoms with Crippen molar-refractivity contribution in [2.75, 3.05) is 18.8 Å². The molecule has 1 amide bonds. The average Bonchev–Trinajstić information content (AvgIpc) is 3.54. The molecule has 2 aliphatic rings. The quantitative estimate of drug-likeness (QED) is 0.427. The van der Waals surface area contributed by atoms with Gasteiger partial charge in [0.15, 0.2) is 0 Å². The van der Waals surface area contributed by atoms with E-state index in [1.165, 1.54) is 4.31 Å². The van der Waals surface area contributed by atoms with Crippen molar-refractivity contribution in [3.63, 3.8) is 0 Å². The van der Waals surface area contributed by atoms with Crippen LogP contribution in [0.3, 0.4) is 0 Å². The Labute approximate surface area is 214 Å². The molecule has 10 heteroatoms. The second-order valence-corrected chi connectivity index (χ2v) is 11.3. The topological polar surface area (TPSA) is 130 Å². The zero-order chi connectivity index (χ0) is 25.7. The molecule has 0 radical (unpaired) electrons. The standard InChI is InChI=1S/C27H25N5O4S/c28-27-29-23-10-9-17(21-7-3-4-8-24(21)37(35,36)32-12-11-20(33)16-32)13-22(23)25(30-27)26(34)31-14-18-5-1-2-6-19(18)15-31/h1-10,13,20,33H,11-12,14-16H2,(H2,28,29,30). The van der Waals surface area contributed by atoms with Gasteiger partial charge in [-0.3, -0.25) is 4.79 Å². The van der Waals surface area contributed by atoms with Crippen LogP contribution in [0.15, 0.2) is 71.6 Å². The number of amides is 1. The van der Waals surface area contributed by atoms with E-state index in [1.54, 1.807) is 47.4 Å². The Morgan fingerprint density at radius 2 is 1.68 bits per heavy atom. The first kappa shape index (κ1) is 23.5. The van der Waals surface area contributed by atoms with Crippen LogP contribution >= 0.6 is 0 Å².